The normalized spacial score (nSPS) is 11.0. The highest BCUT2D eigenvalue weighted by Gasteiger charge is 2.13. The molecular formula is C18H19Cl3N2O. The van der Waals surface area contributed by atoms with Crippen molar-refractivity contribution in [1.29, 1.82) is 0 Å². The Morgan fingerprint density at radius 3 is 2.50 bits per heavy atom. The van der Waals surface area contributed by atoms with Gasteiger partial charge in [0.2, 0.25) is 5.91 Å². The van der Waals surface area contributed by atoms with E-state index in [1.54, 1.807) is 6.07 Å². The Morgan fingerprint density at radius 1 is 1.12 bits per heavy atom. The highest BCUT2D eigenvalue weighted by atomic mass is 35.5. The SMILES string of the molecule is Cc1cc(C)c(NC(=O)CN(C)Cc2cccc(Cl)c2Cl)c(Cl)c1. The van der Waals surface area contributed by atoms with E-state index in [0.29, 0.717) is 27.3 Å². The molecule has 128 valence electrons. The average Bonchev–Trinajstić information content (AvgIpc) is 2.47. The van der Waals surface area contributed by atoms with Crippen molar-refractivity contribution >= 4 is 46.4 Å². The fraction of sp³-hybridized carbons (Fsp3) is 0.278. The second kappa shape index (κ2) is 8.21. The zero-order valence-corrected chi connectivity index (χ0v) is 16.1. The van der Waals surface area contributed by atoms with E-state index in [1.165, 1.54) is 0 Å². The molecule has 3 nitrogen and oxygen atoms in total. The van der Waals surface area contributed by atoms with E-state index in [2.05, 4.69) is 5.32 Å². The van der Waals surface area contributed by atoms with Crippen LogP contribution in [-0.4, -0.2) is 24.4 Å². The number of hydrogen-bond donors (Lipinski definition) is 1. The fourth-order valence-electron chi connectivity index (χ4n) is 2.52. The molecule has 0 saturated carbocycles. The molecule has 2 rings (SSSR count). The molecule has 0 heterocycles. The van der Waals surface area contributed by atoms with Crippen LogP contribution in [0.1, 0.15) is 16.7 Å². The zero-order chi connectivity index (χ0) is 17.9. The Balaban J connectivity index is 2.01. The zero-order valence-electron chi connectivity index (χ0n) is 13.8. The predicted octanol–water partition coefficient (Wildman–Crippen LogP) is 5.33. The monoisotopic (exact) mass is 384 g/mol. The smallest absolute Gasteiger partial charge is 0.238 e. The van der Waals surface area contributed by atoms with Crippen LogP contribution >= 0.6 is 34.8 Å². The van der Waals surface area contributed by atoms with Crippen LogP contribution in [-0.2, 0) is 11.3 Å². The van der Waals surface area contributed by atoms with Crippen molar-refractivity contribution in [2.45, 2.75) is 20.4 Å². The van der Waals surface area contributed by atoms with Gasteiger partial charge in [-0.15, -0.1) is 0 Å². The maximum Gasteiger partial charge on any atom is 0.238 e. The summed E-state index contributed by atoms with van der Waals surface area (Å²) in [4.78, 5) is 14.1. The topological polar surface area (TPSA) is 32.3 Å². The summed E-state index contributed by atoms with van der Waals surface area (Å²) >= 11 is 18.4. The minimum Gasteiger partial charge on any atom is -0.323 e. The maximum absolute atomic E-state index is 12.3. The number of benzene rings is 2. The van der Waals surface area contributed by atoms with Gasteiger partial charge in [-0.05, 0) is 49.7 Å². The summed E-state index contributed by atoms with van der Waals surface area (Å²) in [5, 5.41) is 4.45. The van der Waals surface area contributed by atoms with Crippen molar-refractivity contribution < 1.29 is 4.79 Å². The van der Waals surface area contributed by atoms with Crippen molar-refractivity contribution in [3.63, 3.8) is 0 Å². The van der Waals surface area contributed by atoms with E-state index < -0.39 is 0 Å². The van der Waals surface area contributed by atoms with Crippen LogP contribution in [0.15, 0.2) is 30.3 Å². The summed E-state index contributed by atoms with van der Waals surface area (Å²) in [6.45, 7) is 4.62. The van der Waals surface area contributed by atoms with Gasteiger partial charge in [0.15, 0.2) is 0 Å². The molecule has 6 heteroatoms. The molecule has 2 aromatic rings. The van der Waals surface area contributed by atoms with Gasteiger partial charge >= 0.3 is 0 Å². The number of carbonyl (C=O) groups is 1. The molecule has 0 aliphatic rings. The molecule has 0 unspecified atom stereocenters. The van der Waals surface area contributed by atoms with Gasteiger partial charge in [-0.2, -0.15) is 0 Å². The molecule has 0 radical (unpaired) electrons. The van der Waals surface area contributed by atoms with Crippen LogP contribution in [0.4, 0.5) is 5.69 Å². The van der Waals surface area contributed by atoms with Crippen molar-refractivity contribution in [3.05, 3.63) is 62.1 Å². The molecule has 0 fully saturated rings. The molecule has 0 aliphatic heterocycles. The predicted molar refractivity (Wildman–Crippen MR) is 102 cm³/mol. The molecule has 0 spiro atoms. The van der Waals surface area contributed by atoms with E-state index >= 15 is 0 Å². The molecule has 0 atom stereocenters. The lowest BCUT2D eigenvalue weighted by molar-refractivity contribution is -0.117. The summed E-state index contributed by atoms with van der Waals surface area (Å²) in [7, 11) is 1.85. The van der Waals surface area contributed by atoms with E-state index in [0.717, 1.165) is 16.7 Å². The number of hydrogen-bond acceptors (Lipinski definition) is 2. The Hall–Kier alpha value is -1.26. The number of anilines is 1. The van der Waals surface area contributed by atoms with Gasteiger partial charge in [0.25, 0.3) is 0 Å². The third-order valence-electron chi connectivity index (χ3n) is 3.58. The van der Waals surface area contributed by atoms with Gasteiger partial charge in [0.05, 0.1) is 27.3 Å². The fourth-order valence-corrected chi connectivity index (χ4v) is 3.26. The van der Waals surface area contributed by atoms with Crippen molar-refractivity contribution in [1.82, 2.24) is 4.90 Å². The number of amides is 1. The molecule has 0 aliphatic carbocycles. The van der Waals surface area contributed by atoms with Crippen LogP contribution in [0.5, 0.6) is 0 Å². The second-order valence-corrected chi connectivity index (χ2v) is 7.06. The van der Waals surface area contributed by atoms with Gasteiger partial charge in [-0.25, -0.2) is 0 Å². The number of rotatable bonds is 5. The second-order valence-electron chi connectivity index (χ2n) is 5.87. The van der Waals surface area contributed by atoms with E-state index in [1.807, 2.05) is 50.1 Å². The lowest BCUT2D eigenvalue weighted by Gasteiger charge is -2.18. The molecule has 2 aromatic carbocycles. The molecule has 1 amide bonds. The Bertz CT molecular complexity index is 739. The first-order valence-corrected chi connectivity index (χ1v) is 8.59. The van der Waals surface area contributed by atoms with Gasteiger partial charge in [-0.3, -0.25) is 9.69 Å². The van der Waals surface area contributed by atoms with Crippen LogP contribution in [0.25, 0.3) is 0 Å². The Labute approximate surface area is 157 Å². The van der Waals surface area contributed by atoms with Crippen LogP contribution in [0.3, 0.4) is 0 Å². The highest BCUT2D eigenvalue weighted by Crippen LogP contribution is 2.28. The Morgan fingerprint density at radius 2 is 1.83 bits per heavy atom. The molecule has 1 N–H and O–H groups in total. The van der Waals surface area contributed by atoms with Crippen LogP contribution in [0.2, 0.25) is 15.1 Å². The third kappa shape index (κ3) is 4.87. The minimum absolute atomic E-state index is 0.135. The summed E-state index contributed by atoms with van der Waals surface area (Å²) in [6.07, 6.45) is 0. The first kappa shape index (κ1) is 19.1. The molecule has 0 saturated heterocycles. The number of aryl methyl sites for hydroxylation is 2. The highest BCUT2D eigenvalue weighted by molar-refractivity contribution is 6.42. The third-order valence-corrected chi connectivity index (χ3v) is 4.74. The van der Waals surface area contributed by atoms with E-state index in [-0.39, 0.29) is 12.5 Å². The number of nitrogens with one attached hydrogen (secondary N) is 1. The van der Waals surface area contributed by atoms with E-state index in [4.69, 9.17) is 34.8 Å². The first-order chi connectivity index (χ1) is 11.3. The first-order valence-electron chi connectivity index (χ1n) is 7.46. The summed E-state index contributed by atoms with van der Waals surface area (Å²) in [6, 6.07) is 9.29. The number of likely N-dealkylation sites (N-methyl/N-ethyl adjacent to an activating group) is 1. The summed E-state index contributed by atoms with van der Waals surface area (Å²) in [5.41, 5.74) is 3.53. The van der Waals surface area contributed by atoms with Gasteiger partial charge in [0, 0.05) is 6.54 Å². The summed E-state index contributed by atoms with van der Waals surface area (Å²) in [5.74, 6) is -0.135. The van der Waals surface area contributed by atoms with E-state index in [9.17, 15) is 4.79 Å². The minimum atomic E-state index is -0.135. The van der Waals surface area contributed by atoms with Crippen LogP contribution < -0.4 is 5.32 Å². The average molecular weight is 386 g/mol. The molecule has 24 heavy (non-hydrogen) atoms. The molecule has 0 aromatic heterocycles. The maximum atomic E-state index is 12.3. The largest absolute Gasteiger partial charge is 0.323 e. The number of halogens is 3. The molecular weight excluding hydrogens is 367 g/mol. The standard InChI is InChI=1S/C18H19Cl3N2O/c1-11-7-12(2)18(15(20)8-11)22-16(24)10-23(3)9-13-5-4-6-14(19)17(13)21/h4-8H,9-10H2,1-3H3,(H,22,24). The van der Waals surface area contributed by atoms with Gasteiger partial charge < -0.3 is 5.32 Å². The number of nitrogens with zero attached hydrogens (tertiary/aromatic N) is 1. The quantitative estimate of drug-likeness (QED) is 0.754. The van der Waals surface area contributed by atoms with Crippen LogP contribution in [0, 0.1) is 13.8 Å². The van der Waals surface area contributed by atoms with Crippen molar-refractivity contribution in [3.8, 4) is 0 Å². The van der Waals surface area contributed by atoms with Crippen molar-refractivity contribution in [2.24, 2.45) is 0 Å². The number of carbonyl (C=O) groups excluding carboxylic acids is 1. The lowest BCUT2D eigenvalue weighted by atomic mass is 10.1. The van der Waals surface area contributed by atoms with Crippen molar-refractivity contribution in [2.75, 3.05) is 18.9 Å². The van der Waals surface area contributed by atoms with Gasteiger partial charge in [-0.1, -0.05) is 53.0 Å². The lowest BCUT2D eigenvalue weighted by Crippen LogP contribution is -2.30. The summed E-state index contributed by atoms with van der Waals surface area (Å²) < 4.78 is 0. The molecule has 0 bridgehead atoms. The van der Waals surface area contributed by atoms with Gasteiger partial charge in [0.1, 0.15) is 0 Å². The Kier molecular flexibility index (Phi) is 6.53.